The largest absolute Gasteiger partial charge is 1.00 e. The predicted octanol–water partition coefficient (Wildman–Crippen LogP) is 0.782. The second-order valence-electron chi connectivity index (χ2n) is 7.47. The molecule has 0 aliphatic heterocycles. The molecule has 4 heteroatoms. The summed E-state index contributed by atoms with van der Waals surface area (Å²) in [6.07, 6.45) is 10.5. The number of fused-ring (bicyclic) bond motifs is 4. The number of halogens is 2. The second-order valence-corrected chi connectivity index (χ2v) is 11.2. The van der Waals surface area contributed by atoms with Gasteiger partial charge in [-0.25, -0.2) is 0 Å². The molecule has 0 N–H and O–H groups in total. The third-order valence-corrected chi connectivity index (χ3v) is 9.87. The van der Waals surface area contributed by atoms with Crippen LogP contribution in [-0.4, -0.2) is 4.57 Å². The van der Waals surface area contributed by atoms with Crippen molar-refractivity contribution in [2.45, 2.75) is 10.0 Å². The molecule has 6 rings (SSSR count). The van der Waals surface area contributed by atoms with Crippen LogP contribution in [0.4, 0.5) is 0 Å². The van der Waals surface area contributed by atoms with Gasteiger partial charge in [0, 0.05) is 0 Å². The molecule has 1 atom stereocenters. The van der Waals surface area contributed by atoms with Gasteiger partial charge in [-0.05, 0) is 0 Å². The first-order valence-electron chi connectivity index (χ1n) is 9.81. The average Bonchev–Trinajstić information content (AvgIpc) is 3.45. The molecule has 0 bridgehead atoms. The molecule has 146 valence electrons. The summed E-state index contributed by atoms with van der Waals surface area (Å²) < 4.78 is 4.79. The standard InChI is InChI=1S/C21H14N.C5H5.2BrH.Zr/c1-2-8-16-14-17(13-15(16)7-1)22-20-11-5-3-9-18(20)19-10-4-6-12-21(19)22;1-2-4-5-3-1;;;/h1-14H;1-3H,4H2;2*1H;/q;;;;+2/p-2. The van der Waals surface area contributed by atoms with Crippen LogP contribution >= 0.6 is 0 Å². The summed E-state index contributed by atoms with van der Waals surface area (Å²) in [5, 5.41) is 2.70. The Morgan fingerprint density at radius 3 is 2.07 bits per heavy atom. The number of allylic oxidation sites excluding steroid dienone is 5. The Hall–Kier alpha value is -1.48. The van der Waals surface area contributed by atoms with E-state index in [0.29, 0.717) is 3.63 Å². The van der Waals surface area contributed by atoms with Crippen LogP contribution in [0.15, 0.2) is 94.3 Å². The van der Waals surface area contributed by atoms with Crippen LogP contribution in [0.5, 0.6) is 0 Å². The summed E-state index contributed by atoms with van der Waals surface area (Å²) >= 11 is -0.777. The van der Waals surface area contributed by atoms with Crippen molar-refractivity contribution >= 4 is 33.6 Å². The molecule has 2 aliphatic carbocycles. The van der Waals surface area contributed by atoms with Gasteiger partial charge in [-0.3, -0.25) is 0 Å². The number of nitrogens with zero attached hydrogens (tertiary/aromatic N) is 1. The van der Waals surface area contributed by atoms with Crippen molar-refractivity contribution in [2.24, 2.45) is 0 Å². The van der Waals surface area contributed by atoms with E-state index in [9.17, 15) is 0 Å². The normalized spacial score (nSPS) is 16.5. The van der Waals surface area contributed by atoms with Gasteiger partial charge in [-0.1, -0.05) is 0 Å². The monoisotopic (exact) mass is 593 g/mol. The van der Waals surface area contributed by atoms with Gasteiger partial charge in [-0.2, -0.15) is 0 Å². The van der Waals surface area contributed by atoms with Gasteiger partial charge in [0.1, 0.15) is 0 Å². The molecule has 0 amide bonds. The molecule has 4 aromatic rings. The zero-order valence-corrected chi connectivity index (χ0v) is 21.9. The quantitative estimate of drug-likeness (QED) is 0.330. The van der Waals surface area contributed by atoms with E-state index in [1.807, 2.05) is 0 Å². The van der Waals surface area contributed by atoms with E-state index in [4.69, 9.17) is 0 Å². The minimum Gasteiger partial charge on any atom is -1.00 e. The third-order valence-electron chi connectivity index (χ3n) is 5.85. The van der Waals surface area contributed by atoms with Crippen molar-refractivity contribution in [2.75, 3.05) is 0 Å². The Labute approximate surface area is 209 Å². The molecule has 2 aliphatic rings. The molecule has 0 spiro atoms. The van der Waals surface area contributed by atoms with Gasteiger partial charge in [0.15, 0.2) is 0 Å². The average molecular weight is 596 g/mol. The topological polar surface area (TPSA) is 4.93 Å². The van der Waals surface area contributed by atoms with Gasteiger partial charge < -0.3 is 34.0 Å². The summed E-state index contributed by atoms with van der Waals surface area (Å²) in [7, 11) is 0. The van der Waals surface area contributed by atoms with Crippen molar-refractivity contribution < 1.29 is 57.2 Å². The van der Waals surface area contributed by atoms with Crippen molar-refractivity contribution in [3.63, 3.8) is 0 Å². The molecule has 1 unspecified atom stereocenters. The number of para-hydroxylation sites is 2. The van der Waals surface area contributed by atoms with Crippen LogP contribution in [0.1, 0.15) is 21.2 Å². The number of hydrogen-bond donors (Lipinski definition) is 0. The maximum atomic E-state index is 2.54. The molecule has 3 aromatic carbocycles. The van der Waals surface area contributed by atoms with Crippen molar-refractivity contribution in [1.82, 2.24) is 4.57 Å². The molecule has 0 radical (unpaired) electrons. The maximum Gasteiger partial charge on any atom is -1.00 e. The first kappa shape index (κ1) is 21.7. The van der Waals surface area contributed by atoms with E-state index in [-0.39, 0.29) is 34.0 Å². The number of aromatic nitrogens is 1. The zero-order valence-electron chi connectivity index (χ0n) is 16.2. The van der Waals surface area contributed by atoms with E-state index in [0.717, 1.165) is 6.42 Å². The number of rotatable bonds is 3. The molecular weight excluding hydrogens is 577 g/mol. The summed E-state index contributed by atoms with van der Waals surface area (Å²) in [6.45, 7) is 0. The number of benzene rings is 3. The first-order chi connectivity index (χ1) is 13.9. The van der Waals surface area contributed by atoms with Gasteiger partial charge in [0.25, 0.3) is 0 Å². The molecule has 0 fully saturated rings. The van der Waals surface area contributed by atoms with Crippen LogP contribution in [0, 0.1) is 0 Å². The molecule has 0 saturated carbocycles. The Morgan fingerprint density at radius 2 is 1.40 bits per heavy atom. The Balaban J connectivity index is 0.00000109. The first-order valence-corrected chi connectivity index (χ1v) is 12.5. The molecule has 1 heterocycles. The summed E-state index contributed by atoms with van der Waals surface area (Å²) in [4.78, 5) is 0. The zero-order chi connectivity index (χ0) is 18.5. The molecule has 1 nitrogen and oxygen atoms in total. The van der Waals surface area contributed by atoms with Crippen LogP contribution in [0.25, 0.3) is 33.6 Å². The smallest absolute Gasteiger partial charge is 1.00 e. The maximum absolute atomic E-state index is 2.54. The van der Waals surface area contributed by atoms with E-state index in [1.54, 1.807) is 3.28 Å². The van der Waals surface area contributed by atoms with Crippen molar-refractivity contribution in [3.05, 3.63) is 105 Å². The fraction of sp³-hybridized carbons (Fsp3) is 0.0769. The van der Waals surface area contributed by atoms with Gasteiger partial charge in [0.05, 0.1) is 0 Å². The van der Waals surface area contributed by atoms with E-state index in [1.165, 1.54) is 38.6 Å². The predicted molar refractivity (Wildman–Crippen MR) is 115 cm³/mol. The van der Waals surface area contributed by atoms with E-state index < -0.39 is 23.2 Å². The molecule has 30 heavy (non-hydrogen) atoms. The Bertz CT molecular complexity index is 1280. The fourth-order valence-corrected chi connectivity index (χ4v) is 8.47. The minimum atomic E-state index is -0.777. The van der Waals surface area contributed by atoms with Crippen molar-refractivity contribution in [1.29, 1.82) is 0 Å². The van der Waals surface area contributed by atoms with Crippen LogP contribution in [0.3, 0.4) is 0 Å². The number of hydrogen-bond acceptors (Lipinski definition) is 0. The van der Waals surface area contributed by atoms with Gasteiger partial charge >= 0.3 is 177 Å². The van der Waals surface area contributed by atoms with Crippen LogP contribution < -0.4 is 34.0 Å². The summed E-state index contributed by atoms with van der Waals surface area (Å²) in [5.41, 5.74) is 7.05. The SMILES string of the molecule is C1=CC[C]([Zr+2][CH]2C(n3c4ccccc4c4ccccc43)=Cc3ccccc32)=C1.[Br-].[Br-]. The molecule has 1 aromatic heterocycles. The van der Waals surface area contributed by atoms with Crippen molar-refractivity contribution in [3.8, 4) is 0 Å². The molecule has 0 saturated heterocycles. The van der Waals surface area contributed by atoms with E-state index in [2.05, 4.69) is 102 Å². The van der Waals surface area contributed by atoms with Crippen LogP contribution in [0.2, 0.25) is 0 Å². The van der Waals surface area contributed by atoms with E-state index >= 15 is 0 Å². The fourth-order valence-electron chi connectivity index (χ4n) is 4.59. The Morgan fingerprint density at radius 1 is 0.767 bits per heavy atom. The van der Waals surface area contributed by atoms with Gasteiger partial charge in [0.2, 0.25) is 0 Å². The summed E-state index contributed by atoms with van der Waals surface area (Å²) in [5.74, 6) is 0. The van der Waals surface area contributed by atoms with Crippen LogP contribution in [-0.2, 0) is 23.2 Å². The van der Waals surface area contributed by atoms with Gasteiger partial charge in [-0.15, -0.1) is 0 Å². The molecular formula is C26H19Br2NZr. The Kier molecular flexibility index (Phi) is 6.48. The summed E-state index contributed by atoms with van der Waals surface area (Å²) in [6, 6.07) is 26.7. The minimum absolute atomic E-state index is 0. The third kappa shape index (κ3) is 3.47. The second kappa shape index (κ2) is 8.95.